The first-order chi connectivity index (χ1) is 14.9. The fraction of sp³-hybridized carbons (Fsp3) is 0.409. The SMILES string of the molecule is O=S(=O)(NCCCCN1CCC(c2noc3cc(F)ccc23)CC1)c1ccc(F)cc1. The van der Waals surface area contributed by atoms with E-state index in [1.165, 1.54) is 24.3 Å². The third kappa shape index (κ3) is 5.28. The molecule has 9 heteroatoms. The van der Waals surface area contributed by atoms with Crippen molar-refractivity contribution >= 4 is 21.0 Å². The molecule has 0 radical (unpaired) electrons. The lowest BCUT2D eigenvalue weighted by Gasteiger charge is -2.31. The second-order valence-electron chi connectivity index (χ2n) is 7.88. The molecular weight excluding hydrogens is 424 g/mol. The normalized spacial score (nSPS) is 16.2. The molecule has 0 amide bonds. The highest BCUT2D eigenvalue weighted by Gasteiger charge is 2.25. The van der Waals surface area contributed by atoms with Crippen molar-refractivity contribution in [2.24, 2.45) is 0 Å². The summed E-state index contributed by atoms with van der Waals surface area (Å²) in [6.07, 6.45) is 3.51. The van der Waals surface area contributed by atoms with Crippen LogP contribution in [0.4, 0.5) is 8.78 Å². The van der Waals surface area contributed by atoms with Crippen molar-refractivity contribution < 1.29 is 21.7 Å². The van der Waals surface area contributed by atoms with Crippen LogP contribution in [-0.4, -0.2) is 44.7 Å². The van der Waals surface area contributed by atoms with Crippen LogP contribution in [0.1, 0.15) is 37.3 Å². The highest BCUT2D eigenvalue weighted by atomic mass is 32.2. The molecule has 0 aliphatic carbocycles. The minimum absolute atomic E-state index is 0.0686. The largest absolute Gasteiger partial charge is 0.356 e. The number of hydrogen-bond donors (Lipinski definition) is 1. The predicted molar refractivity (Wildman–Crippen MR) is 113 cm³/mol. The van der Waals surface area contributed by atoms with Crippen molar-refractivity contribution in [3.63, 3.8) is 0 Å². The van der Waals surface area contributed by atoms with E-state index in [2.05, 4.69) is 14.8 Å². The molecule has 1 N–H and O–H groups in total. The number of benzene rings is 2. The van der Waals surface area contributed by atoms with Crippen LogP contribution in [0, 0.1) is 11.6 Å². The van der Waals surface area contributed by atoms with Crippen LogP contribution in [0.5, 0.6) is 0 Å². The van der Waals surface area contributed by atoms with Gasteiger partial charge in [-0.15, -0.1) is 0 Å². The highest BCUT2D eigenvalue weighted by Crippen LogP contribution is 2.32. The Labute approximate surface area is 180 Å². The number of nitrogens with zero attached hydrogens (tertiary/aromatic N) is 2. The second-order valence-corrected chi connectivity index (χ2v) is 9.65. The van der Waals surface area contributed by atoms with Crippen LogP contribution >= 0.6 is 0 Å². The molecule has 1 aromatic heterocycles. The van der Waals surface area contributed by atoms with Crippen molar-refractivity contribution in [3.8, 4) is 0 Å². The van der Waals surface area contributed by atoms with Gasteiger partial charge in [0.05, 0.1) is 10.6 Å². The maximum Gasteiger partial charge on any atom is 0.240 e. The van der Waals surface area contributed by atoms with Gasteiger partial charge in [0.1, 0.15) is 11.6 Å². The minimum Gasteiger partial charge on any atom is -0.356 e. The average molecular weight is 450 g/mol. The molecular formula is C22H25F2N3O3S. The van der Waals surface area contributed by atoms with Gasteiger partial charge in [-0.3, -0.25) is 0 Å². The van der Waals surface area contributed by atoms with Gasteiger partial charge in [0, 0.05) is 23.9 Å². The number of fused-ring (bicyclic) bond motifs is 1. The van der Waals surface area contributed by atoms with E-state index in [-0.39, 0.29) is 10.7 Å². The molecule has 6 nitrogen and oxygen atoms in total. The second kappa shape index (κ2) is 9.42. The van der Waals surface area contributed by atoms with Crippen LogP contribution in [0.3, 0.4) is 0 Å². The number of unbranched alkanes of at least 4 members (excludes halogenated alkanes) is 1. The molecule has 0 bridgehead atoms. The number of aromatic nitrogens is 1. The van der Waals surface area contributed by atoms with E-state index in [1.54, 1.807) is 6.07 Å². The molecule has 2 heterocycles. The topological polar surface area (TPSA) is 75.4 Å². The van der Waals surface area contributed by atoms with Crippen molar-refractivity contribution in [3.05, 3.63) is 59.8 Å². The molecule has 3 aromatic rings. The van der Waals surface area contributed by atoms with Gasteiger partial charge in [0.2, 0.25) is 10.0 Å². The molecule has 31 heavy (non-hydrogen) atoms. The summed E-state index contributed by atoms with van der Waals surface area (Å²) >= 11 is 0. The number of sulfonamides is 1. The summed E-state index contributed by atoms with van der Waals surface area (Å²) in [6, 6.07) is 9.33. The molecule has 4 rings (SSSR count). The number of hydrogen-bond acceptors (Lipinski definition) is 5. The van der Waals surface area contributed by atoms with E-state index in [1.807, 2.05) is 0 Å². The lowest BCUT2D eigenvalue weighted by molar-refractivity contribution is 0.206. The third-order valence-corrected chi connectivity index (χ3v) is 7.23. The Bertz CT molecular complexity index is 1120. The first-order valence-electron chi connectivity index (χ1n) is 10.4. The van der Waals surface area contributed by atoms with Crippen LogP contribution in [0.2, 0.25) is 0 Å². The van der Waals surface area contributed by atoms with E-state index in [0.717, 1.165) is 68.5 Å². The lowest BCUT2D eigenvalue weighted by atomic mass is 9.91. The Kier molecular flexibility index (Phi) is 6.64. The summed E-state index contributed by atoms with van der Waals surface area (Å²) in [5.74, 6) is -0.496. The van der Waals surface area contributed by atoms with Gasteiger partial charge in [-0.05, 0) is 81.7 Å². The maximum absolute atomic E-state index is 13.3. The minimum atomic E-state index is -3.61. The molecule has 2 aromatic carbocycles. The molecule has 0 unspecified atom stereocenters. The van der Waals surface area contributed by atoms with Crippen LogP contribution < -0.4 is 4.72 Å². The molecule has 0 spiro atoms. The Morgan fingerprint density at radius 2 is 1.74 bits per heavy atom. The van der Waals surface area contributed by atoms with Gasteiger partial charge < -0.3 is 9.42 Å². The molecule has 0 saturated carbocycles. The smallest absolute Gasteiger partial charge is 0.240 e. The fourth-order valence-electron chi connectivity index (χ4n) is 4.02. The molecule has 1 aliphatic rings. The molecule has 1 saturated heterocycles. The summed E-state index contributed by atoms with van der Waals surface area (Å²) < 4.78 is 58.5. The Morgan fingerprint density at radius 3 is 2.48 bits per heavy atom. The summed E-state index contributed by atoms with van der Waals surface area (Å²) in [4.78, 5) is 2.44. The summed E-state index contributed by atoms with van der Waals surface area (Å²) in [5, 5.41) is 5.06. The van der Waals surface area contributed by atoms with Gasteiger partial charge >= 0.3 is 0 Å². The Morgan fingerprint density at radius 1 is 1.03 bits per heavy atom. The Balaban J connectivity index is 1.19. The zero-order chi connectivity index (χ0) is 21.8. The quantitative estimate of drug-likeness (QED) is 0.525. The number of halogens is 2. The maximum atomic E-state index is 13.3. The van der Waals surface area contributed by atoms with E-state index in [4.69, 9.17) is 4.52 Å². The first kappa shape index (κ1) is 21.9. The summed E-state index contributed by atoms with van der Waals surface area (Å²) in [5.41, 5.74) is 1.39. The van der Waals surface area contributed by atoms with Gasteiger partial charge in [-0.1, -0.05) is 5.16 Å². The summed E-state index contributed by atoms with van der Waals surface area (Å²) in [6.45, 7) is 3.11. The van der Waals surface area contributed by atoms with E-state index in [0.29, 0.717) is 18.0 Å². The van der Waals surface area contributed by atoms with E-state index >= 15 is 0 Å². The zero-order valence-corrected chi connectivity index (χ0v) is 17.9. The average Bonchev–Trinajstić information content (AvgIpc) is 3.17. The van der Waals surface area contributed by atoms with Crippen molar-refractivity contribution in [1.82, 2.24) is 14.8 Å². The van der Waals surface area contributed by atoms with Crippen molar-refractivity contribution in [1.29, 1.82) is 0 Å². The van der Waals surface area contributed by atoms with Gasteiger partial charge in [0.15, 0.2) is 5.58 Å². The predicted octanol–water partition coefficient (Wildman–Crippen LogP) is 4.04. The van der Waals surface area contributed by atoms with Crippen molar-refractivity contribution in [2.45, 2.75) is 36.5 Å². The number of nitrogens with one attached hydrogen (secondary N) is 1. The monoisotopic (exact) mass is 449 g/mol. The Hall–Kier alpha value is -2.36. The number of rotatable bonds is 8. The van der Waals surface area contributed by atoms with Crippen molar-refractivity contribution in [2.75, 3.05) is 26.2 Å². The summed E-state index contributed by atoms with van der Waals surface area (Å²) in [7, 11) is -3.61. The van der Waals surface area contributed by atoms with E-state index in [9.17, 15) is 17.2 Å². The van der Waals surface area contributed by atoms with Crippen LogP contribution in [0.25, 0.3) is 11.0 Å². The zero-order valence-electron chi connectivity index (χ0n) is 17.1. The molecule has 166 valence electrons. The van der Waals surface area contributed by atoms with Gasteiger partial charge in [-0.2, -0.15) is 0 Å². The fourth-order valence-corrected chi connectivity index (χ4v) is 5.09. The first-order valence-corrected chi connectivity index (χ1v) is 11.9. The van der Waals surface area contributed by atoms with Crippen LogP contribution in [0.15, 0.2) is 51.9 Å². The standard InChI is InChI=1S/C22H25F2N3O3S/c23-17-3-6-19(7-4-17)31(28,29)25-11-1-2-12-27-13-9-16(10-14-27)22-20-8-5-18(24)15-21(20)30-26-22/h3-8,15-16,25H,1-2,9-14H2. The van der Waals surface area contributed by atoms with Crippen LogP contribution in [-0.2, 0) is 10.0 Å². The lowest BCUT2D eigenvalue weighted by Crippen LogP contribution is -2.34. The van der Waals surface area contributed by atoms with E-state index < -0.39 is 15.8 Å². The van der Waals surface area contributed by atoms with Gasteiger partial charge in [-0.25, -0.2) is 21.9 Å². The highest BCUT2D eigenvalue weighted by molar-refractivity contribution is 7.89. The molecule has 1 fully saturated rings. The molecule has 0 atom stereocenters. The van der Waals surface area contributed by atoms with Gasteiger partial charge in [0.25, 0.3) is 0 Å². The number of likely N-dealkylation sites (tertiary alicyclic amines) is 1. The molecule has 1 aliphatic heterocycles. The number of piperidine rings is 1. The third-order valence-electron chi connectivity index (χ3n) is 5.75.